The van der Waals surface area contributed by atoms with E-state index < -0.39 is 0 Å². The largest absolute Gasteiger partial charge is 0.322 e. The van der Waals surface area contributed by atoms with Crippen LogP contribution in [0.25, 0.3) is 0 Å². The summed E-state index contributed by atoms with van der Waals surface area (Å²) in [5, 5.41) is 11.6. The van der Waals surface area contributed by atoms with Crippen molar-refractivity contribution in [2.24, 2.45) is 0 Å². The molecule has 0 unspecified atom stereocenters. The van der Waals surface area contributed by atoms with E-state index in [1.165, 1.54) is 24.0 Å². The van der Waals surface area contributed by atoms with E-state index >= 15 is 0 Å². The molecule has 0 saturated carbocycles. The number of amides is 1. The van der Waals surface area contributed by atoms with Crippen LogP contribution < -0.4 is 5.32 Å². The van der Waals surface area contributed by atoms with E-state index in [0.29, 0.717) is 11.1 Å². The van der Waals surface area contributed by atoms with Gasteiger partial charge in [0.2, 0.25) is 0 Å². The van der Waals surface area contributed by atoms with Crippen LogP contribution in [0.15, 0.2) is 36.7 Å². The molecule has 0 radical (unpaired) electrons. The quantitative estimate of drug-likeness (QED) is 0.892. The van der Waals surface area contributed by atoms with Gasteiger partial charge in [0.05, 0.1) is 11.1 Å². The van der Waals surface area contributed by atoms with Crippen molar-refractivity contribution in [3.05, 3.63) is 58.9 Å². The second kappa shape index (κ2) is 5.32. The van der Waals surface area contributed by atoms with Crippen LogP contribution in [0, 0.1) is 25.2 Å². The van der Waals surface area contributed by atoms with Crippen LogP contribution in [0.1, 0.15) is 27.0 Å². The molecule has 1 N–H and O–H groups in total. The Morgan fingerprint density at radius 1 is 1.21 bits per heavy atom. The van der Waals surface area contributed by atoms with Crippen LogP contribution >= 0.6 is 0 Å². The van der Waals surface area contributed by atoms with Gasteiger partial charge in [0.15, 0.2) is 0 Å². The first-order chi connectivity index (χ1) is 9.10. The van der Waals surface area contributed by atoms with Gasteiger partial charge in [-0.05, 0) is 43.2 Å². The molecule has 1 aromatic heterocycles. The molecule has 2 aromatic rings. The summed E-state index contributed by atoms with van der Waals surface area (Å²) in [5.41, 5.74) is 3.76. The number of benzene rings is 1. The van der Waals surface area contributed by atoms with E-state index in [1.807, 2.05) is 38.1 Å². The van der Waals surface area contributed by atoms with Gasteiger partial charge in [-0.15, -0.1) is 0 Å². The number of rotatable bonds is 2. The summed E-state index contributed by atoms with van der Waals surface area (Å²) in [7, 11) is 0. The Labute approximate surface area is 111 Å². The zero-order valence-corrected chi connectivity index (χ0v) is 10.8. The predicted molar refractivity (Wildman–Crippen MR) is 72.8 cm³/mol. The van der Waals surface area contributed by atoms with Crippen molar-refractivity contribution >= 4 is 11.6 Å². The first kappa shape index (κ1) is 12.8. The normalized spacial score (nSPS) is 9.74. The van der Waals surface area contributed by atoms with E-state index in [1.54, 1.807) is 0 Å². The number of anilines is 1. The molecule has 0 aliphatic carbocycles. The van der Waals surface area contributed by atoms with Crippen molar-refractivity contribution in [3.63, 3.8) is 0 Å². The Morgan fingerprint density at radius 3 is 2.68 bits per heavy atom. The molecular formula is C15H13N3O. The summed E-state index contributed by atoms with van der Waals surface area (Å²) in [6.45, 7) is 4.00. The summed E-state index contributed by atoms with van der Waals surface area (Å²) < 4.78 is 0. The number of nitrogens with zero attached hydrogens (tertiary/aromatic N) is 2. The Morgan fingerprint density at radius 2 is 2.00 bits per heavy atom. The van der Waals surface area contributed by atoms with Crippen LogP contribution in [0.4, 0.5) is 5.69 Å². The zero-order chi connectivity index (χ0) is 13.8. The minimum absolute atomic E-state index is 0.271. The smallest absolute Gasteiger partial charge is 0.257 e. The van der Waals surface area contributed by atoms with E-state index in [2.05, 4.69) is 10.3 Å². The summed E-state index contributed by atoms with van der Waals surface area (Å²) in [4.78, 5) is 15.9. The third kappa shape index (κ3) is 2.96. The first-order valence-electron chi connectivity index (χ1n) is 5.84. The monoisotopic (exact) mass is 251 g/mol. The molecule has 0 bridgehead atoms. The van der Waals surface area contributed by atoms with Gasteiger partial charge >= 0.3 is 0 Å². The van der Waals surface area contributed by atoms with Crippen LogP contribution in [-0.2, 0) is 0 Å². The molecule has 0 saturated heterocycles. The molecule has 94 valence electrons. The molecule has 1 amide bonds. The molecule has 19 heavy (non-hydrogen) atoms. The number of hydrogen-bond acceptors (Lipinski definition) is 3. The fraction of sp³-hybridized carbons (Fsp3) is 0.133. The maximum absolute atomic E-state index is 12.0. The van der Waals surface area contributed by atoms with Crippen LogP contribution in [0.5, 0.6) is 0 Å². The van der Waals surface area contributed by atoms with Crippen molar-refractivity contribution in [1.82, 2.24) is 4.98 Å². The third-order valence-electron chi connectivity index (χ3n) is 2.89. The lowest BCUT2D eigenvalue weighted by atomic mass is 10.1. The fourth-order valence-electron chi connectivity index (χ4n) is 1.65. The first-order valence-corrected chi connectivity index (χ1v) is 5.84. The lowest BCUT2D eigenvalue weighted by molar-refractivity contribution is 0.102. The molecule has 1 heterocycles. The second-order valence-corrected chi connectivity index (χ2v) is 4.33. The van der Waals surface area contributed by atoms with Crippen molar-refractivity contribution in [2.75, 3.05) is 5.32 Å². The molecule has 0 atom stereocenters. The fourth-order valence-corrected chi connectivity index (χ4v) is 1.65. The number of hydrogen-bond donors (Lipinski definition) is 1. The second-order valence-electron chi connectivity index (χ2n) is 4.33. The number of aryl methyl sites for hydroxylation is 2. The van der Waals surface area contributed by atoms with Crippen molar-refractivity contribution in [1.29, 1.82) is 5.26 Å². The molecular weight excluding hydrogens is 238 g/mol. The van der Waals surface area contributed by atoms with Crippen LogP contribution in [0.2, 0.25) is 0 Å². The Bertz CT molecular complexity index is 671. The van der Waals surface area contributed by atoms with Crippen molar-refractivity contribution < 1.29 is 4.79 Å². The number of aromatic nitrogens is 1. The van der Waals surface area contributed by atoms with Gasteiger partial charge in [-0.25, -0.2) is 0 Å². The summed E-state index contributed by atoms with van der Waals surface area (Å²) >= 11 is 0. The molecule has 0 fully saturated rings. The summed E-state index contributed by atoms with van der Waals surface area (Å²) in [6, 6.07) is 9.19. The van der Waals surface area contributed by atoms with Crippen molar-refractivity contribution in [2.45, 2.75) is 13.8 Å². The van der Waals surface area contributed by atoms with Crippen LogP contribution in [-0.4, -0.2) is 10.9 Å². The number of carbonyl (C=O) groups excluding carboxylic acids is 1. The standard InChI is InChI=1S/C15H13N3O/c1-10-3-4-14(5-11(10)2)18-15(19)13-6-12(7-16)8-17-9-13/h3-6,8-9H,1-2H3,(H,18,19). The number of nitriles is 1. The van der Waals surface area contributed by atoms with E-state index in [9.17, 15) is 4.79 Å². The van der Waals surface area contributed by atoms with E-state index in [-0.39, 0.29) is 5.91 Å². The topological polar surface area (TPSA) is 65.8 Å². The highest BCUT2D eigenvalue weighted by atomic mass is 16.1. The highest BCUT2D eigenvalue weighted by molar-refractivity contribution is 6.04. The van der Waals surface area contributed by atoms with Crippen molar-refractivity contribution in [3.8, 4) is 6.07 Å². The molecule has 4 heteroatoms. The minimum Gasteiger partial charge on any atom is -0.322 e. The molecule has 1 aromatic carbocycles. The van der Waals surface area contributed by atoms with Gasteiger partial charge in [-0.2, -0.15) is 5.26 Å². The molecule has 0 spiro atoms. The Hall–Kier alpha value is -2.67. The lowest BCUT2D eigenvalue weighted by Crippen LogP contribution is -2.12. The Kier molecular flexibility index (Phi) is 3.58. The number of carbonyl (C=O) groups is 1. The number of pyridine rings is 1. The molecule has 0 aliphatic heterocycles. The third-order valence-corrected chi connectivity index (χ3v) is 2.89. The van der Waals surface area contributed by atoms with Gasteiger partial charge in [-0.3, -0.25) is 9.78 Å². The van der Waals surface area contributed by atoms with Gasteiger partial charge < -0.3 is 5.32 Å². The maximum Gasteiger partial charge on any atom is 0.257 e. The summed E-state index contributed by atoms with van der Waals surface area (Å²) in [5.74, 6) is -0.271. The molecule has 4 nitrogen and oxygen atoms in total. The van der Waals surface area contributed by atoms with Gasteiger partial charge in [0.25, 0.3) is 5.91 Å². The minimum atomic E-state index is -0.271. The average Bonchev–Trinajstić information content (AvgIpc) is 2.43. The molecule has 0 aliphatic rings. The molecule has 2 rings (SSSR count). The highest BCUT2D eigenvalue weighted by Gasteiger charge is 2.08. The maximum atomic E-state index is 12.0. The van der Waals surface area contributed by atoms with E-state index in [4.69, 9.17) is 5.26 Å². The zero-order valence-electron chi connectivity index (χ0n) is 10.8. The lowest BCUT2D eigenvalue weighted by Gasteiger charge is -2.07. The van der Waals surface area contributed by atoms with E-state index in [0.717, 1.165) is 11.3 Å². The SMILES string of the molecule is Cc1ccc(NC(=O)c2cncc(C#N)c2)cc1C. The van der Waals surface area contributed by atoms with Gasteiger partial charge in [-0.1, -0.05) is 6.07 Å². The highest BCUT2D eigenvalue weighted by Crippen LogP contribution is 2.15. The number of nitrogens with one attached hydrogen (secondary N) is 1. The van der Waals surface area contributed by atoms with Gasteiger partial charge in [0.1, 0.15) is 6.07 Å². The summed E-state index contributed by atoms with van der Waals surface area (Å²) in [6.07, 6.45) is 2.87. The van der Waals surface area contributed by atoms with Crippen LogP contribution in [0.3, 0.4) is 0 Å². The average molecular weight is 251 g/mol. The Balaban J connectivity index is 2.21. The predicted octanol–water partition coefficient (Wildman–Crippen LogP) is 2.82. The van der Waals surface area contributed by atoms with Gasteiger partial charge in [0, 0.05) is 18.1 Å².